The molecule has 0 bridgehead atoms. The zero-order chi connectivity index (χ0) is 22.0. The summed E-state index contributed by atoms with van der Waals surface area (Å²) >= 11 is 0. The van der Waals surface area contributed by atoms with Crippen LogP contribution in [0.3, 0.4) is 0 Å². The Kier molecular flexibility index (Phi) is 3.00. The van der Waals surface area contributed by atoms with E-state index in [1.165, 1.54) is 83.1 Å². The van der Waals surface area contributed by atoms with E-state index in [1.807, 2.05) is 0 Å². The molecule has 0 radical (unpaired) electrons. The largest absolute Gasteiger partial charge is 0.308 e. The standard InChI is InChI=1S/C33H21N/c1-3-9-23-20(8-1)17-29-25(23)14-13-21-15-22-18-27-24-10-4-2-7-19(24)16-28(27)31-26-11-5-6-12-30(26)34(32(21)29)33(22)31/h1-14,18H,15-17H2. The molecule has 0 atom stereocenters. The van der Waals surface area contributed by atoms with Crippen LogP contribution in [0.4, 0.5) is 0 Å². The van der Waals surface area contributed by atoms with Crippen LogP contribution in [-0.4, -0.2) is 4.57 Å². The maximum absolute atomic E-state index is 2.62. The minimum Gasteiger partial charge on any atom is -0.308 e. The number of benzene rings is 5. The van der Waals surface area contributed by atoms with Crippen molar-refractivity contribution in [3.8, 4) is 27.9 Å². The molecule has 0 N–H and O–H groups in total. The van der Waals surface area contributed by atoms with Gasteiger partial charge in [0.05, 0.1) is 16.7 Å². The molecule has 0 amide bonds. The number of fused-ring (bicyclic) bond motifs is 13. The summed E-state index contributed by atoms with van der Waals surface area (Å²) in [5, 5.41) is 2.86. The van der Waals surface area contributed by atoms with Crippen molar-refractivity contribution in [3.63, 3.8) is 0 Å². The summed E-state index contributed by atoms with van der Waals surface area (Å²) in [6.45, 7) is 0. The average Bonchev–Trinajstić information content (AvgIpc) is 3.55. The van der Waals surface area contributed by atoms with E-state index in [1.54, 1.807) is 0 Å². The molecule has 1 aromatic heterocycles. The lowest BCUT2D eigenvalue weighted by Gasteiger charge is -2.24. The predicted molar refractivity (Wildman–Crippen MR) is 140 cm³/mol. The lowest BCUT2D eigenvalue weighted by Crippen LogP contribution is -2.11. The molecule has 9 rings (SSSR count). The number of aromatic nitrogens is 1. The molecule has 0 saturated carbocycles. The van der Waals surface area contributed by atoms with Gasteiger partial charge in [0.15, 0.2) is 0 Å². The molecule has 0 spiro atoms. The van der Waals surface area contributed by atoms with E-state index in [9.17, 15) is 0 Å². The van der Waals surface area contributed by atoms with E-state index in [0.717, 1.165) is 19.3 Å². The normalized spacial score (nSPS) is 14.1. The van der Waals surface area contributed by atoms with Crippen LogP contribution < -0.4 is 0 Å². The second-order valence-corrected chi connectivity index (χ2v) is 10.1. The average molecular weight is 432 g/mol. The first-order chi connectivity index (χ1) is 16.9. The number of nitrogens with zero attached hydrogens (tertiary/aromatic N) is 1. The van der Waals surface area contributed by atoms with Gasteiger partial charge in [-0.3, -0.25) is 0 Å². The highest BCUT2D eigenvalue weighted by Crippen LogP contribution is 2.50. The molecule has 5 aromatic carbocycles. The SMILES string of the molecule is c1ccc2c(c1)Cc1c-2ccc2c1-n1c3ccccc3c3c4c(cc(c31)C2)-c1ccccc1C4. The Morgan fingerprint density at radius 2 is 1.21 bits per heavy atom. The van der Waals surface area contributed by atoms with E-state index in [-0.39, 0.29) is 0 Å². The highest BCUT2D eigenvalue weighted by Gasteiger charge is 2.32. The zero-order valence-corrected chi connectivity index (χ0v) is 18.7. The Hall–Kier alpha value is -4.10. The summed E-state index contributed by atoms with van der Waals surface area (Å²) in [6, 6.07) is 34.2. The van der Waals surface area contributed by atoms with Crippen molar-refractivity contribution in [1.82, 2.24) is 4.57 Å². The predicted octanol–water partition coefficient (Wildman–Crippen LogP) is 7.83. The molecular formula is C33H21N. The molecule has 0 unspecified atom stereocenters. The van der Waals surface area contributed by atoms with Gasteiger partial charge in [-0.15, -0.1) is 0 Å². The molecular weight excluding hydrogens is 410 g/mol. The minimum absolute atomic E-state index is 1.00. The van der Waals surface area contributed by atoms with Gasteiger partial charge in [0.2, 0.25) is 0 Å². The van der Waals surface area contributed by atoms with E-state index < -0.39 is 0 Å². The molecule has 3 aliphatic rings. The molecule has 6 aromatic rings. The zero-order valence-electron chi connectivity index (χ0n) is 18.7. The quantitative estimate of drug-likeness (QED) is 0.231. The van der Waals surface area contributed by atoms with Gasteiger partial charge in [-0.05, 0) is 74.2 Å². The fourth-order valence-electron chi connectivity index (χ4n) is 7.10. The fraction of sp³-hybridized carbons (Fsp3) is 0.0909. The van der Waals surface area contributed by atoms with Crippen LogP contribution in [0.25, 0.3) is 49.7 Å². The number of para-hydroxylation sites is 1. The van der Waals surface area contributed by atoms with E-state index in [0.29, 0.717) is 0 Å². The summed E-state index contributed by atoms with van der Waals surface area (Å²) in [5.74, 6) is 0. The van der Waals surface area contributed by atoms with E-state index in [4.69, 9.17) is 0 Å². The van der Waals surface area contributed by atoms with Crippen LogP contribution >= 0.6 is 0 Å². The van der Waals surface area contributed by atoms with E-state index in [2.05, 4.69) is 95.6 Å². The molecule has 158 valence electrons. The van der Waals surface area contributed by atoms with Gasteiger partial charge < -0.3 is 4.57 Å². The van der Waals surface area contributed by atoms with Gasteiger partial charge in [0, 0.05) is 23.6 Å². The summed E-state index contributed by atoms with van der Waals surface area (Å²) < 4.78 is 2.62. The summed E-state index contributed by atoms with van der Waals surface area (Å²) in [7, 11) is 0. The Bertz CT molecular complexity index is 1880. The third kappa shape index (κ3) is 1.94. The van der Waals surface area contributed by atoms with Gasteiger partial charge in [0.1, 0.15) is 0 Å². The highest BCUT2D eigenvalue weighted by atomic mass is 15.0. The first-order valence-electron chi connectivity index (χ1n) is 12.3. The van der Waals surface area contributed by atoms with Gasteiger partial charge in [-0.1, -0.05) is 78.9 Å². The third-order valence-corrected chi connectivity index (χ3v) is 8.44. The third-order valence-electron chi connectivity index (χ3n) is 8.44. The second-order valence-electron chi connectivity index (χ2n) is 10.1. The Labute approximate surface area is 197 Å². The highest BCUT2D eigenvalue weighted by molar-refractivity contribution is 6.15. The van der Waals surface area contributed by atoms with Crippen LogP contribution in [0.1, 0.15) is 33.4 Å². The van der Waals surface area contributed by atoms with Crippen LogP contribution in [-0.2, 0) is 19.3 Å². The van der Waals surface area contributed by atoms with Gasteiger partial charge >= 0.3 is 0 Å². The molecule has 0 saturated heterocycles. The monoisotopic (exact) mass is 431 g/mol. The smallest absolute Gasteiger partial charge is 0.0580 e. The van der Waals surface area contributed by atoms with Crippen LogP contribution in [0.15, 0.2) is 91.0 Å². The topological polar surface area (TPSA) is 4.93 Å². The van der Waals surface area contributed by atoms with Gasteiger partial charge in [0.25, 0.3) is 0 Å². The molecule has 34 heavy (non-hydrogen) atoms. The fourth-order valence-corrected chi connectivity index (χ4v) is 7.10. The van der Waals surface area contributed by atoms with Crippen molar-refractivity contribution in [2.75, 3.05) is 0 Å². The van der Waals surface area contributed by atoms with Crippen molar-refractivity contribution < 1.29 is 0 Å². The number of rotatable bonds is 0. The number of hydrogen-bond acceptors (Lipinski definition) is 0. The molecule has 2 aliphatic carbocycles. The molecule has 1 aliphatic heterocycles. The molecule has 1 nitrogen and oxygen atoms in total. The molecule has 0 fully saturated rings. The second kappa shape index (κ2) is 5.87. The Balaban J connectivity index is 1.45. The van der Waals surface area contributed by atoms with Gasteiger partial charge in [-0.25, -0.2) is 0 Å². The van der Waals surface area contributed by atoms with Crippen molar-refractivity contribution in [1.29, 1.82) is 0 Å². The lowest BCUT2D eigenvalue weighted by atomic mass is 9.89. The van der Waals surface area contributed by atoms with Crippen molar-refractivity contribution >= 4 is 21.8 Å². The Morgan fingerprint density at radius 1 is 0.500 bits per heavy atom. The number of hydrogen-bond donors (Lipinski definition) is 0. The van der Waals surface area contributed by atoms with Crippen molar-refractivity contribution in [2.45, 2.75) is 19.3 Å². The summed E-state index contributed by atoms with van der Waals surface area (Å²) in [6.07, 6.45) is 3.05. The van der Waals surface area contributed by atoms with Crippen LogP contribution in [0, 0.1) is 0 Å². The maximum atomic E-state index is 2.62. The van der Waals surface area contributed by atoms with E-state index >= 15 is 0 Å². The van der Waals surface area contributed by atoms with Crippen LogP contribution in [0.5, 0.6) is 0 Å². The lowest BCUT2D eigenvalue weighted by molar-refractivity contribution is 1.02. The first kappa shape index (κ1) is 17.4. The summed E-state index contributed by atoms with van der Waals surface area (Å²) in [4.78, 5) is 0. The minimum atomic E-state index is 1.00. The van der Waals surface area contributed by atoms with Crippen molar-refractivity contribution in [3.05, 3.63) is 124 Å². The van der Waals surface area contributed by atoms with Crippen molar-refractivity contribution in [2.24, 2.45) is 0 Å². The summed E-state index contributed by atoms with van der Waals surface area (Å²) in [5.41, 5.74) is 18.7. The Morgan fingerprint density at radius 3 is 2.06 bits per heavy atom. The molecule has 1 heteroatoms. The first-order valence-corrected chi connectivity index (χ1v) is 12.3. The van der Waals surface area contributed by atoms with Crippen LogP contribution in [0.2, 0.25) is 0 Å². The van der Waals surface area contributed by atoms with Gasteiger partial charge in [-0.2, -0.15) is 0 Å². The maximum Gasteiger partial charge on any atom is 0.0580 e. The molecule has 2 heterocycles.